The molecule has 1 unspecified atom stereocenters. The van der Waals surface area contributed by atoms with E-state index in [9.17, 15) is 4.79 Å². The molecule has 98 valence electrons. The van der Waals surface area contributed by atoms with Crippen LogP contribution in [0.25, 0.3) is 0 Å². The fraction of sp³-hybridized carbons (Fsp3) is 0.533. The van der Waals surface area contributed by atoms with Gasteiger partial charge in [0, 0.05) is 6.54 Å². The predicted molar refractivity (Wildman–Crippen MR) is 71.4 cm³/mol. The zero-order valence-corrected chi connectivity index (χ0v) is 11.1. The Labute approximate surface area is 108 Å². The van der Waals surface area contributed by atoms with Crippen LogP contribution in [0.15, 0.2) is 24.3 Å². The second-order valence-electron chi connectivity index (χ2n) is 5.91. The summed E-state index contributed by atoms with van der Waals surface area (Å²) in [6, 6.07) is 7.80. The van der Waals surface area contributed by atoms with Crippen molar-refractivity contribution in [1.82, 2.24) is 5.32 Å². The Morgan fingerprint density at radius 2 is 1.89 bits per heavy atom. The average Bonchev–Trinajstić information content (AvgIpc) is 2.88. The van der Waals surface area contributed by atoms with Gasteiger partial charge in [0.25, 0.3) is 0 Å². The smallest absolute Gasteiger partial charge is 0.307 e. The van der Waals surface area contributed by atoms with Gasteiger partial charge in [-0.15, -0.1) is 0 Å². The number of carbonyl (C=O) groups is 1. The molecule has 0 saturated heterocycles. The van der Waals surface area contributed by atoms with Crippen molar-refractivity contribution in [3.8, 4) is 0 Å². The number of aliphatic carboxylic acids is 1. The number of hydrogen-bond acceptors (Lipinski definition) is 2. The molecule has 1 aliphatic rings. The second-order valence-corrected chi connectivity index (χ2v) is 5.91. The molecule has 1 saturated carbocycles. The summed E-state index contributed by atoms with van der Waals surface area (Å²) in [6.45, 7) is 6.55. The summed E-state index contributed by atoms with van der Waals surface area (Å²) in [5.74, 6) is 0.0284. The average molecular weight is 247 g/mol. The van der Waals surface area contributed by atoms with Gasteiger partial charge in [0.1, 0.15) is 0 Å². The molecule has 18 heavy (non-hydrogen) atoms. The minimum absolute atomic E-state index is 0.101. The van der Waals surface area contributed by atoms with Gasteiger partial charge in [-0.25, -0.2) is 0 Å². The van der Waals surface area contributed by atoms with Gasteiger partial charge in [0.2, 0.25) is 0 Å². The number of carboxylic acid groups (broad SMARTS) is 1. The van der Waals surface area contributed by atoms with Crippen molar-refractivity contribution in [2.75, 3.05) is 6.54 Å². The zero-order valence-electron chi connectivity index (χ0n) is 11.1. The number of hydrogen-bond donors (Lipinski definition) is 2. The lowest BCUT2D eigenvalue weighted by Gasteiger charge is -2.07. The van der Waals surface area contributed by atoms with Crippen LogP contribution in [-0.4, -0.2) is 17.6 Å². The quantitative estimate of drug-likeness (QED) is 0.811. The van der Waals surface area contributed by atoms with Gasteiger partial charge in [-0.1, -0.05) is 38.1 Å². The monoisotopic (exact) mass is 247 g/mol. The van der Waals surface area contributed by atoms with E-state index in [-0.39, 0.29) is 6.42 Å². The lowest BCUT2D eigenvalue weighted by molar-refractivity contribution is -0.136. The highest BCUT2D eigenvalue weighted by Gasteiger charge is 2.44. The fourth-order valence-corrected chi connectivity index (χ4v) is 2.26. The Hall–Kier alpha value is -1.35. The van der Waals surface area contributed by atoms with Gasteiger partial charge in [-0.05, 0) is 35.4 Å². The maximum Gasteiger partial charge on any atom is 0.307 e. The third-order valence-corrected chi connectivity index (χ3v) is 3.82. The molecule has 0 aromatic heterocycles. The summed E-state index contributed by atoms with van der Waals surface area (Å²) in [4.78, 5) is 10.6. The lowest BCUT2D eigenvalue weighted by Crippen LogP contribution is -2.18. The predicted octanol–water partition coefficient (Wildman–Crippen LogP) is 2.45. The third-order valence-electron chi connectivity index (χ3n) is 3.82. The summed E-state index contributed by atoms with van der Waals surface area (Å²) >= 11 is 0. The molecule has 0 bridgehead atoms. The number of nitrogens with one attached hydrogen (secondary N) is 1. The highest BCUT2D eigenvalue weighted by Crippen LogP contribution is 2.50. The van der Waals surface area contributed by atoms with Crippen LogP contribution >= 0.6 is 0 Å². The highest BCUT2D eigenvalue weighted by atomic mass is 16.4. The van der Waals surface area contributed by atoms with Gasteiger partial charge >= 0.3 is 5.97 Å². The van der Waals surface area contributed by atoms with Crippen LogP contribution in [-0.2, 0) is 17.8 Å². The zero-order chi connectivity index (χ0) is 13.2. The Bertz CT molecular complexity index is 423. The van der Waals surface area contributed by atoms with E-state index in [1.54, 1.807) is 0 Å². The first-order chi connectivity index (χ1) is 8.47. The third kappa shape index (κ3) is 3.57. The van der Waals surface area contributed by atoms with E-state index >= 15 is 0 Å². The van der Waals surface area contributed by atoms with Crippen molar-refractivity contribution in [3.63, 3.8) is 0 Å². The second kappa shape index (κ2) is 5.11. The molecule has 1 aromatic rings. The standard InChI is InChI=1S/C15H21NO2/c1-15(2)8-13(15)10-16-9-12-5-3-11(4-6-12)7-14(17)18/h3-6,13,16H,7-10H2,1-2H3,(H,17,18). The molecule has 0 heterocycles. The van der Waals surface area contributed by atoms with E-state index in [0.717, 1.165) is 24.6 Å². The van der Waals surface area contributed by atoms with E-state index < -0.39 is 5.97 Å². The van der Waals surface area contributed by atoms with Gasteiger partial charge in [0.05, 0.1) is 6.42 Å². The van der Waals surface area contributed by atoms with Crippen LogP contribution in [0.5, 0.6) is 0 Å². The topological polar surface area (TPSA) is 49.3 Å². The number of rotatable bonds is 6. The van der Waals surface area contributed by atoms with Crippen molar-refractivity contribution in [2.24, 2.45) is 11.3 Å². The Kier molecular flexibility index (Phi) is 3.71. The molecule has 2 rings (SSSR count). The van der Waals surface area contributed by atoms with Crippen molar-refractivity contribution in [3.05, 3.63) is 35.4 Å². The summed E-state index contributed by atoms with van der Waals surface area (Å²) < 4.78 is 0. The lowest BCUT2D eigenvalue weighted by atomic mass is 10.1. The first kappa shape index (κ1) is 13.1. The molecule has 1 aliphatic carbocycles. The molecule has 1 aromatic carbocycles. The summed E-state index contributed by atoms with van der Waals surface area (Å²) in [7, 11) is 0. The van der Waals surface area contributed by atoms with E-state index in [2.05, 4.69) is 19.2 Å². The van der Waals surface area contributed by atoms with Gasteiger partial charge in [-0.3, -0.25) is 4.79 Å². The minimum Gasteiger partial charge on any atom is -0.481 e. The van der Waals surface area contributed by atoms with Crippen LogP contribution in [0.4, 0.5) is 0 Å². The van der Waals surface area contributed by atoms with Crippen molar-refractivity contribution in [1.29, 1.82) is 0 Å². The molecule has 3 nitrogen and oxygen atoms in total. The number of carboxylic acids is 1. The van der Waals surface area contributed by atoms with E-state index in [1.165, 1.54) is 12.0 Å². The largest absolute Gasteiger partial charge is 0.481 e. The van der Waals surface area contributed by atoms with Crippen molar-refractivity contribution in [2.45, 2.75) is 33.2 Å². The van der Waals surface area contributed by atoms with Crippen LogP contribution in [0, 0.1) is 11.3 Å². The SMILES string of the molecule is CC1(C)CC1CNCc1ccc(CC(=O)O)cc1. The van der Waals surface area contributed by atoms with Crippen molar-refractivity contribution >= 4 is 5.97 Å². The minimum atomic E-state index is -0.781. The van der Waals surface area contributed by atoms with E-state index in [4.69, 9.17) is 5.11 Å². The molecule has 2 N–H and O–H groups in total. The molecule has 1 atom stereocenters. The summed E-state index contributed by atoms with van der Waals surface area (Å²) in [5, 5.41) is 12.1. The normalized spacial score (nSPS) is 20.7. The molecule has 0 aliphatic heterocycles. The highest BCUT2D eigenvalue weighted by molar-refractivity contribution is 5.70. The van der Waals surface area contributed by atoms with Crippen LogP contribution in [0.2, 0.25) is 0 Å². The van der Waals surface area contributed by atoms with Crippen LogP contribution in [0.1, 0.15) is 31.4 Å². The maximum absolute atomic E-state index is 10.6. The van der Waals surface area contributed by atoms with Crippen LogP contribution in [0.3, 0.4) is 0 Å². The molecular weight excluding hydrogens is 226 g/mol. The Morgan fingerprint density at radius 1 is 1.33 bits per heavy atom. The maximum atomic E-state index is 10.6. The molecule has 1 fully saturated rings. The van der Waals surface area contributed by atoms with Gasteiger partial charge < -0.3 is 10.4 Å². The number of benzene rings is 1. The summed E-state index contributed by atoms with van der Waals surface area (Å²) in [5.41, 5.74) is 2.59. The van der Waals surface area contributed by atoms with Gasteiger partial charge in [0.15, 0.2) is 0 Å². The van der Waals surface area contributed by atoms with Gasteiger partial charge in [-0.2, -0.15) is 0 Å². The first-order valence-electron chi connectivity index (χ1n) is 6.48. The summed E-state index contributed by atoms with van der Waals surface area (Å²) in [6.07, 6.45) is 1.42. The first-order valence-corrected chi connectivity index (χ1v) is 6.48. The molecule has 0 radical (unpaired) electrons. The van der Waals surface area contributed by atoms with E-state index in [1.807, 2.05) is 24.3 Å². The molecular formula is C15H21NO2. The molecule has 0 amide bonds. The van der Waals surface area contributed by atoms with Crippen molar-refractivity contribution < 1.29 is 9.90 Å². The fourth-order valence-electron chi connectivity index (χ4n) is 2.26. The Morgan fingerprint density at radius 3 is 2.39 bits per heavy atom. The van der Waals surface area contributed by atoms with E-state index in [0.29, 0.717) is 5.41 Å². The van der Waals surface area contributed by atoms with Crippen LogP contribution < -0.4 is 5.32 Å². The molecule has 0 spiro atoms. The Balaban J connectivity index is 1.75. The molecule has 3 heteroatoms.